The molecule has 2 rings (SSSR count). The summed E-state index contributed by atoms with van der Waals surface area (Å²) in [6.45, 7) is 0. The summed E-state index contributed by atoms with van der Waals surface area (Å²) < 4.78 is 1.16. The maximum atomic E-state index is 9.40. The SMILES string of the molecule is C#CC(O)c1cc2ccccc2s1. The van der Waals surface area contributed by atoms with Crippen molar-refractivity contribution in [3.05, 3.63) is 35.2 Å². The molecule has 64 valence electrons. The van der Waals surface area contributed by atoms with Crippen LogP contribution in [0.5, 0.6) is 0 Å². The average Bonchev–Trinajstić information content (AvgIpc) is 2.59. The van der Waals surface area contributed by atoms with Crippen LogP contribution in [0.25, 0.3) is 10.1 Å². The van der Waals surface area contributed by atoms with Crippen LogP contribution < -0.4 is 0 Å². The third-order valence-corrected chi connectivity index (χ3v) is 3.04. The van der Waals surface area contributed by atoms with Gasteiger partial charge < -0.3 is 5.11 Å². The van der Waals surface area contributed by atoms with Gasteiger partial charge in [0.25, 0.3) is 0 Å². The number of fused-ring (bicyclic) bond motifs is 1. The number of aliphatic hydroxyl groups is 1. The third-order valence-electron chi connectivity index (χ3n) is 1.87. The molecular formula is C11H8OS. The molecule has 0 radical (unpaired) electrons. The highest BCUT2D eigenvalue weighted by atomic mass is 32.1. The minimum Gasteiger partial charge on any atom is -0.375 e. The maximum Gasteiger partial charge on any atom is 0.149 e. The van der Waals surface area contributed by atoms with E-state index in [4.69, 9.17) is 6.42 Å². The lowest BCUT2D eigenvalue weighted by Gasteiger charge is -1.95. The van der Waals surface area contributed by atoms with Gasteiger partial charge in [-0.1, -0.05) is 24.1 Å². The Balaban J connectivity index is 2.57. The number of rotatable bonds is 1. The summed E-state index contributed by atoms with van der Waals surface area (Å²) in [4.78, 5) is 0.837. The molecule has 2 heteroatoms. The van der Waals surface area contributed by atoms with E-state index in [1.807, 2.05) is 30.3 Å². The Hall–Kier alpha value is -1.30. The Morgan fingerprint density at radius 3 is 2.85 bits per heavy atom. The van der Waals surface area contributed by atoms with E-state index in [2.05, 4.69) is 5.92 Å². The van der Waals surface area contributed by atoms with Crippen molar-refractivity contribution in [3.8, 4) is 12.3 Å². The smallest absolute Gasteiger partial charge is 0.149 e. The van der Waals surface area contributed by atoms with Crippen molar-refractivity contribution >= 4 is 21.4 Å². The van der Waals surface area contributed by atoms with Crippen molar-refractivity contribution in [1.29, 1.82) is 0 Å². The summed E-state index contributed by atoms with van der Waals surface area (Å²) in [5, 5.41) is 10.5. The molecule has 1 heterocycles. The Bertz CT molecular complexity index is 431. The lowest BCUT2D eigenvalue weighted by molar-refractivity contribution is 0.242. The van der Waals surface area contributed by atoms with Gasteiger partial charge in [0.1, 0.15) is 6.10 Å². The Morgan fingerprint density at radius 2 is 2.15 bits per heavy atom. The summed E-state index contributed by atoms with van der Waals surface area (Å²) in [5.41, 5.74) is 0. The average molecular weight is 188 g/mol. The van der Waals surface area contributed by atoms with E-state index in [1.165, 1.54) is 11.3 Å². The highest BCUT2D eigenvalue weighted by molar-refractivity contribution is 7.19. The summed E-state index contributed by atoms with van der Waals surface area (Å²) in [7, 11) is 0. The van der Waals surface area contributed by atoms with Crippen molar-refractivity contribution in [1.82, 2.24) is 0 Å². The Labute approximate surface area is 80.6 Å². The molecule has 1 N–H and O–H groups in total. The fourth-order valence-electron chi connectivity index (χ4n) is 1.22. The summed E-state index contributed by atoms with van der Waals surface area (Å²) in [6, 6.07) is 9.92. The maximum absolute atomic E-state index is 9.40. The van der Waals surface area contributed by atoms with E-state index in [0.29, 0.717) is 0 Å². The molecule has 2 aromatic rings. The monoisotopic (exact) mass is 188 g/mol. The minimum atomic E-state index is -0.766. The van der Waals surface area contributed by atoms with Crippen molar-refractivity contribution in [3.63, 3.8) is 0 Å². The lowest BCUT2D eigenvalue weighted by atomic mass is 10.2. The van der Waals surface area contributed by atoms with E-state index in [0.717, 1.165) is 15.0 Å². The highest BCUT2D eigenvalue weighted by Gasteiger charge is 2.07. The molecule has 0 fully saturated rings. The predicted octanol–water partition coefficient (Wildman–Crippen LogP) is 2.57. The van der Waals surface area contributed by atoms with Gasteiger partial charge in [0, 0.05) is 9.58 Å². The van der Waals surface area contributed by atoms with Gasteiger partial charge in [0.2, 0.25) is 0 Å². The van der Waals surface area contributed by atoms with E-state index >= 15 is 0 Å². The first kappa shape index (κ1) is 8.31. The molecule has 1 nitrogen and oxygen atoms in total. The molecule has 0 amide bonds. The number of hydrogen-bond donors (Lipinski definition) is 1. The third kappa shape index (κ3) is 1.44. The van der Waals surface area contributed by atoms with Crippen molar-refractivity contribution in [2.45, 2.75) is 6.10 Å². The second kappa shape index (κ2) is 3.21. The second-order valence-corrected chi connectivity index (χ2v) is 3.87. The Kier molecular flexibility index (Phi) is 2.05. The highest BCUT2D eigenvalue weighted by Crippen LogP contribution is 2.29. The van der Waals surface area contributed by atoms with Gasteiger partial charge in [-0.15, -0.1) is 17.8 Å². The van der Waals surface area contributed by atoms with Gasteiger partial charge >= 0.3 is 0 Å². The summed E-state index contributed by atoms with van der Waals surface area (Å²) in [6.07, 6.45) is 4.37. The van der Waals surface area contributed by atoms with E-state index in [9.17, 15) is 5.11 Å². The zero-order valence-corrected chi connectivity index (χ0v) is 7.71. The molecule has 0 saturated carbocycles. The van der Waals surface area contributed by atoms with Crippen LogP contribution in [0.2, 0.25) is 0 Å². The molecule has 1 aromatic carbocycles. The normalized spacial score (nSPS) is 12.6. The van der Waals surface area contributed by atoms with Crippen LogP contribution >= 0.6 is 11.3 Å². The molecule has 0 saturated heterocycles. The van der Waals surface area contributed by atoms with E-state index in [-0.39, 0.29) is 0 Å². The van der Waals surface area contributed by atoms with Crippen molar-refractivity contribution in [2.75, 3.05) is 0 Å². The zero-order valence-electron chi connectivity index (χ0n) is 6.90. The molecule has 0 aliphatic rings. The molecule has 13 heavy (non-hydrogen) atoms. The molecule has 0 aliphatic heterocycles. The number of thiophene rings is 1. The van der Waals surface area contributed by atoms with E-state index in [1.54, 1.807) is 0 Å². The first-order valence-corrected chi connectivity index (χ1v) is 4.75. The van der Waals surface area contributed by atoms with Crippen LogP contribution in [0.4, 0.5) is 0 Å². The summed E-state index contributed by atoms with van der Waals surface area (Å²) >= 11 is 1.54. The van der Waals surface area contributed by atoms with Gasteiger partial charge in [-0.25, -0.2) is 0 Å². The topological polar surface area (TPSA) is 20.2 Å². The first-order chi connectivity index (χ1) is 6.31. The summed E-state index contributed by atoms with van der Waals surface area (Å²) in [5.74, 6) is 2.31. The van der Waals surface area contributed by atoms with Gasteiger partial charge in [-0.3, -0.25) is 0 Å². The van der Waals surface area contributed by atoms with Crippen LogP contribution in [0.15, 0.2) is 30.3 Å². The number of hydrogen-bond acceptors (Lipinski definition) is 2. The van der Waals surface area contributed by atoms with Crippen LogP contribution in [0.3, 0.4) is 0 Å². The largest absolute Gasteiger partial charge is 0.375 e. The zero-order chi connectivity index (χ0) is 9.26. The quantitative estimate of drug-likeness (QED) is 0.682. The van der Waals surface area contributed by atoms with Gasteiger partial charge in [0.15, 0.2) is 0 Å². The number of aliphatic hydroxyl groups excluding tert-OH is 1. The molecule has 1 atom stereocenters. The van der Waals surface area contributed by atoms with Gasteiger partial charge in [-0.05, 0) is 17.5 Å². The molecular weight excluding hydrogens is 180 g/mol. The van der Waals surface area contributed by atoms with Gasteiger partial charge in [0.05, 0.1) is 0 Å². The van der Waals surface area contributed by atoms with Crippen LogP contribution in [-0.2, 0) is 0 Å². The number of benzene rings is 1. The fourth-order valence-corrected chi connectivity index (χ4v) is 2.23. The molecule has 0 aliphatic carbocycles. The van der Waals surface area contributed by atoms with E-state index < -0.39 is 6.10 Å². The molecule has 1 unspecified atom stereocenters. The molecule has 1 aromatic heterocycles. The Morgan fingerprint density at radius 1 is 1.38 bits per heavy atom. The predicted molar refractivity (Wildman–Crippen MR) is 55.6 cm³/mol. The van der Waals surface area contributed by atoms with Crippen LogP contribution in [-0.4, -0.2) is 5.11 Å². The lowest BCUT2D eigenvalue weighted by Crippen LogP contribution is -1.86. The molecule has 0 bridgehead atoms. The van der Waals surface area contributed by atoms with Crippen molar-refractivity contribution < 1.29 is 5.11 Å². The standard InChI is InChI=1S/C11H8OS/c1-2-9(12)11-7-8-5-3-4-6-10(8)13-11/h1,3-7,9,12H. The molecule has 0 spiro atoms. The number of terminal acetylenes is 1. The van der Waals surface area contributed by atoms with Crippen molar-refractivity contribution in [2.24, 2.45) is 0 Å². The van der Waals surface area contributed by atoms with Gasteiger partial charge in [-0.2, -0.15) is 0 Å². The second-order valence-electron chi connectivity index (χ2n) is 2.76. The van der Waals surface area contributed by atoms with Crippen LogP contribution in [0.1, 0.15) is 11.0 Å². The fraction of sp³-hybridized carbons (Fsp3) is 0.0909. The first-order valence-electron chi connectivity index (χ1n) is 3.94. The minimum absolute atomic E-state index is 0.766. The van der Waals surface area contributed by atoms with Crippen LogP contribution in [0, 0.1) is 12.3 Å².